The van der Waals surface area contributed by atoms with E-state index >= 15 is 0 Å². The lowest BCUT2D eigenvalue weighted by Gasteiger charge is -2.10. The summed E-state index contributed by atoms with van der Waals surface area (Å²) >= 11 is 0. The van der Waals surface area contributed by atoms with Gasteiger partial charge in [0.05, 0.1) is 12.2 Å². The number of aryl methyl sites for hydroxylation is 1. The van der Waals surface area contributed by atoms with E-state index in [0.29, 0.717) is 24.9 Å². The van der Waals surface area contributed by atoms with Crippen LogP contribution < -0.4 is 10.5 Å². The second kappa shape index (κ2) is 6.27. The Balaban J connectivity index is 2.79. The molecule has 0 aliphatic carbocycles. The summed E-state index contributed by atoms with van der Waals surface area (Å²) in [6, 6.07) is 0. The van der Waals surface area contributed by atoms with E-state index in [9.17, 15) is 0 Å². The molecule has 0 saturated carbocycles. The van der Waals surface area contributed by atoms with Crippen LogP contribution in [-0.2, 0) is 11.2 Å². The predicted molar refractivity (Wildman–Crippen MR) is 62.5 cm³/mol. The summed E-state index contributed by atoms with van der Waals surface area (Å²) in [5, 5.41) is 0. The fourth-order valence-electron chi connectivity index (χ4n) is 1.26. The van der Waals surface area contributed by atoms with E-state index in [2.05, 4.69) is 16.9 Å². The maximum absolute atomic E-state index is 5.79. The van der Waals surface area contributed by atoms with Crippen LogP contribution in [0, 0.1) is 6.92 Å². The topological polar surface area (TPSA) is 70.3 Å². The molecular formula is C11H19N3O2. The third kappa shape index (κ3) is 3.34. The second-order valence-electron chi connectivity index (χ2n) is 3.55. The minimum atomic E-state index is 0.472. The lowest BCUT2D eigenvalue weighted by atomic mass is 10.3. The minimum Gasteiger partial charge on any atom is -0.475 e. The number of nitrogens with zero attached hydrogens (tertiary/aromatic N) is 2. The van der Waals surface area contributed by atoms with Gasteiger partial charge in [0.2, 0.25) is 5.88 Å². The highest BCUT2D eigenvalue weighted by atomic mass is 16.5. The molecular weight excluding hydrogens is 206 g/mol. The van der Waals surface area contributed by atoms with Gasteiger partial charge in [0.1, 0.15) is 18.2 Å². The van der Waals surface area contributed by atoms with E-state index in [1.807, 2.05) is 6.92 Å². The number of hydrogen-bond donors (Lipinski definition) is 1. The maximum atomic E-state index is 5.79. The summed E-state index contributed by atoms with van der Waals surface area (Å²) in [6.07, 6.45) is 1.80. The predicted octanol–water partition coefficient (Wildman–Crippen LogP) is 1.34. The van der Waals surface area contributed by atoms with Crippen LogP contribution in [0.15, 0.2) is 0 Å². The maximum Gasteiger partial charge on any atom is 0.221 e. The number of nitrogens with two attached hydrogens (primary N) is 1. The van der Waals surface area contributed by atoms with Gasteiger partial charge in [0.25, 0.3) is 0 Å². The quantitative estimate of drug-likeness (QED) is 0.740. The molecule has 0 saturated heterocycles. The average Bonchev–Trinajstić information content (AvgIpc) is 2.25. The van der Waals surface area contributed by atoms with E-state index < -0.39 is 0 Å². The third-order valence-electron chi connectivity index (χ3n) is 2.18. The van der Waals surface area contributed by atoms with Gasteiger partial charge in [-0.05, 0) is 13.3 Å². The summed E-state index contributed by atoms with van der Waals surface area (Å²) in [4.78, 5) is 8.53. The molecule has 0 aliphatic rings. The average molecular weight is 225 g/mol. The number of hydrogen-bond acceptors (Lipinski definition) is 5. The fraction of sp³-hybridized carbons (Fsp3) is 0.636. The van der Waals surface area contributed by atoms with Crippen molar-refractivity contribution in [2.45, 2.75) is 26.7 Å². The van der Waals surface area contributed by atoms with Crippen molar-refractivity contribution in [2.24, 2.45) is 0 Å². The van der Waals surface area contributed by atoms with Gasteiger partial charge >= 0.3 is 0 Å². The molecule has 1 aromatic rings. The van der Waals surface area contributed by atoms with Crippen LogP contribution in [0.25, 0.3) is 0 Å². The first-order valence-electron chi connectivity index (χ1n) is 5.43. The van der Waals surface area contributed by atoms with Crippen LogP contribution in [0.2, 0.25) is 0 Å². The summed E-state index contributed by atoms with van der Waals surface area (Å²) in [5.74, 6) is 1.79. The first-order chi connectivity index (χ1) is 7.69. The van der Waals surface area contributed by atoms with Crippen molar-refractivity contribution in [3.63, 3.8) is 0 Å². The van der Waals surface area contributed by atoms with Crippen molar-refractivity contribution >= 4 is 5.82 Å². The molecule has 90 valence electrons. The van der Waals surface area contributed by atoms with Crippen LogP contribution in [0.3, 0.4) is 0 Å². The molecule has 0 radical (unpaired) electrons. The Morgan fingerprint density at radius 2 is 2.00 bits per heavy atom. The van der Waals surface area contributed by atoms with Crippen molar-refractivity contribution in [3.8, 4) is 5.88 Å². The summed E-state index contributed by atoms with van der Waals surface area (Å²) in [5.41, 5.74) is 6.58. The largest absolute Gasteiger partial charge is 0.475 e. The fourth-order valence-corrected chi connectivity index (χ4v) is 1.26. The van der Waals surface area contributed by atoms with Crippen LogP contribution in [0.4, 0.5) is 5.82 Å². The molecule has 5 heteroatoms. The summed E-state index contributed by atoms with van der Waals surface area (Å²) in [7, 11) is 1.63. The number of ether oxygens (including phenoxy) is 2. The molecule has 1 aromatic heterocycles. The van der Waals surface area contributed by atoms with Gasteiger partial charge in [0.15, 0.2) is 0 Å². The molecule has 2 N–H and O–H groups in total. The van der Waals surface area contributed by atoms with Gasteiger partial charge in [-0.15, -0.1) is 0 Å². The normalized spacial score (nSPS) is 10.4. The molecule has 0 bridgehead atoms. The highest BCUT2D eigenvalue weighted by Gasteiger charge is 2.09. The summed E-state index contributed by atoms with van der Waals surface area (Å²) < 4.78 is 10.4. The Labute approximate surface area is 96.0 Å². The highest BCUT2D eigenvalue weighted by Crippen LogP contribution is 2.19. The molecule has 0 amide bonds. The lowest BCUT2D eigenvalue weighted by Crippen LogP contribution is -2.10. The highest BCUT2D eigenvalue weighted by molar-refractivity contribution is 5.44. The Hall–Kier alpha value is -1.36. The van der Waals surface area contributed by atoms with Crippen LogP contribution in [0.5, 0.6) is 5.88 Å². The number of methoxy groups -OCH3 is 1. The number of nitrogen functional groups attached to an aromatic ring is 1. The molecule has 0 atom stereocenters. The van der Waals surface area contributed by atoms with Crippen LogP contribution in [-0.4, -0.2) is 30.3 Å². The van der Waals surface area contributed by atoms with E-state index in [-0.39, 0.29) is 0 Å². The first-order valence-corrected chi connectivity index (χ1v) is 5.43. The van der Waals surface area contributed by atoms with Crippen molar-refractivity contribution < 1.29 is 9.47 Å². The molecule has 0 aromatic carbocycles. The van der Waals surface area contributed by atoms with E-state index in [0.717, 1.165) is 24.2 Å². The van der Waals surface area contributed by atoms with Crippen LogP contribution in [0.1, 0.15) is 24.7 Å². The third-order valence-corrected chi connectivity index (χ3v) is 2.18. The number of aromatic nitrogens is 2. The molecule has 0 spiro atoms. The standard InChI is InChI=1S/C11H19N3O2/c1-4-5-9-13-10(12)8(2)11(14-9)16-7-6-15-3/h4-7H2,1-3H3,(H2,12,13,14). The van der Waals surface area contributed by atoms with E-state index in [4.69, 9.17) is 15.2 Å². The van der Waals surface area contributed by atoms with E-state index in [1.54, 1.807) is 7.11 Å². The van der Waals surface area contributed by atoms with Crippen molar-refractivity contribution in [1.82, 2.24) is 9.97 Å². The molecule has 1 rings (SSSR count). The molecule has 0 unspecified atom stereocenters. The van der Waals surface area contributed by atoms with Crippen molar-refractivity contribution in [3.05, 3.63) is 11.4 Å². The molecule has 0 fully saturated rings. The van der Waals surface area contributed by atoms with Gasteiger partial charge in [-0.25, -0.2) is 4.98 Å². The van der Waals surface area contributed by atoms with Crippen molar-refractivity contribution in [2.75, 3.05) is 26.1 Å². The van der Waals surface area contributed by atoms with E-state index in [1.165, 1.54) is 0 Å². The zero-order chi connectivity index (χ0) is 12.0. The van der Waals surface area contributed by atoms with Gasteiger partial charge in [0, 0.05) is 13.5 Å². The van der Waals surface area contributed by atoms with Gasteiger partial charge < -0.3 is 15.2 Å². The smallest absolute Gasteiger partial charge is 0.221 e. The second-order valence-corrected chi connectivity index (χ2v) is 3.55. The van der Waals surface area contributed by atoms with Crippen LogP contribution >= 0.6 is 0 Å². The minimum absolute atomic E-state index is 0.472. The molecule has 1 heterocycles. The monoisotopic (exact) mass is 225 g/mol. The SMILES string of the molecule is CCCc1nc(N)c(C)c(OCCOC)n1. The molecule has 0 aliphatic heterocycles. The number of anilines is 1. The van der Waals surface area contributed by atoms with Gasteiger partial charge in [-0.3, -0.25) is 0 Å². The summed E-state index contributed by atoms with van der Waals surface area (Å²) in [6.45, 7) is 4.93. The zero-order valence-electron chi connectivity index (χ0n) is 10.1. The Morgan fingerprint density at radius 1 is 1.25 bits per heavy atom. The first kappa shape index (κ1) is 12.7. The lowest BCUT2D eigenvalue weighted by molar-refractivity contribution is 0.143. The van der Waals surface area contributed by atoms with Crippen molar-refractivity contribution in [1.29, 1.82) is 0 Å². The Bertz CT molecular complexity index is 342. The number of rotatable bonds is 6. The molecule has 16 heavy (non-hydrogen) atoms. The van der Waals surface area contributed by atoms with Gasteiger partial charge in [-0.1, -0.05) is 6.92 Å². The van der Waals surface area contributed by atoms with Gasteiger partial charge in [-0.2, -0.15) is 4.98 Å². The zero-order valence-corrected chi connectivity index (χ0v) is 10.1. The molecule has 5 nitrogen and oxygen atoms in total. The Morgan fingerprint density at radius 3 is 2.62 bits per heavy atom. The Kier molecular flexibility index (Phi) is 4.98.